The van der Waals surface area contributed by atoms with Crippen LogP contribution < -0.4 is 0 Å². The summed E-state index contributed by atoms with van der Waals surface area (Å²) in [6.07, 6.45) is -2.82. The third kappa shape index (κ3) is 3.06. The van der Waals surface area contributed by atoms with Gasteiger partial charge in [0.2, 0.25) is 0 Å². The maximum absolute atomic E-state index is 11.0. The molecule has 0 aliphatic heterocycles. The topological polar surface area (TPSA) is 70.0 Å². The van der Waals surface area contributed by atoms with Gasteiger partial charge in [-0.3, -0.25) is 4.90 Å². The van der Waals surface area contributed by atoms with Crippen molar-refractivity contribution >= 4 is 6.09 Å². The Hall–Kier alpha value is -0.810. The standard InChI is InChI=1S/C7H15NO4/c1-4-12-7(11)8(5(2)9)6(3)10/h5-6,9-10H,4H2,1-3H3. The van der Waals surface area contributed by atoms with Crippen LogP contribution >= 0.6 is 0 Å². The molecule has 5 heteroatoms. The zero-order valence-electron chi connectivity index (χ0n) is 7.52. The fourth-order valence-corrected chi connectivity index (χ4v) is 0.815. The van der Waals surface area contributed by atoms with Gasteiger partial charge in [0.25, 0.3) is 0 Å². The summed E-state index contributed by atoms with van der Waals surface area (Å²) in [7, 11) is 0. The minimum absolute atomic E-state index is 0.217. The summed E-state index contributed by atoms with van der Waals surface area (Å²) >= 11 is 0. The van der Waals surface area contributed by atoms with Crippen molar-refractivity contribution in [3.8, 4) is 0 Å². The van der Waals surface area contributed by atoms with E-state index in [9.17, 15) is 4.79 Å². The van der Waals surface area contributed by atoms with Gasteiger partial charge in [0, 0.05) is 0 Å². The number of carbonyl (C=O) groups is 1. The van der Waals surface area contributed by atoms with Gasteiger partial charge >= 0.3 is 6.09 Å². The van der Waals surface area contributed by atoms with E-state index in [-0.39, 0.29) is 6.61 Å². The van der Waals surface area contributed by atoms with Crippen LogP contribution in [0.15, 0.2) is 0 Å². The molecule has 0 heterocycles. The normalized spacial score (nSPS) is 15.1. The first kappa shape index (κ1) is 11.2. The molecular weight excluding hydrogens is 162 g/mol. The van der Waals surface area contributed by atoms with Gasteiger partial charge in [-0.05, 0) is 20.8 Å². The van der Waals surface area contributed by atoms with Gasteiger partial charge in [0.05, 0.1) is 6.61 Å². The molecule has 0 aromatic rings. The van der Waals surface area contributed by atoms with Crippen molar-refractivity contribution in [3.05, 3.63) is 0 Å². The highest BCUT2D eigenvalue weighted by Crippen LogP contribution is 2.03. The van der Waals surface area contributed by atoms with E-state index in [1.807, 2.05) is 0 Å². The third-order valence-corrected chi connectivity index (χ3v) is 1.28. The summed E-state index contributed by atoms with van der Waals surface area (Å²) in [6, 6.07) is 0. The fraction of sp³-hybridized carbons (Fsp3) is 0.857. The van der Waals surface area contributed by atoms with Crippen LogP contribution in [0.25, 0.3) is 0 Å². The van der Waals surface area contributed by atoms with Gasteiger partial charge in [-0.1, -0.05) is 0 Å². The van der Waals surface area contributed by atoms with Gasteiger partial charge in [0.1, 0.15) is 12.5 Å². The molecule has 0 fully saturated rings. The van der Waals surface area contributed by atoms with Crippen molar-refractivity contribution in [3.63, 3.8) is 0 Å². The number of amides is 1. The molecule has 0 radical (unpaired) electrons. The van der Waals surface area contributed by atoms with E-state index < -0.39 is 18.5 Å². The Morgan fingerprint density at radius 3 is 2.08 bits per heavy atom. The summed E-state index contributed by atoms with van der Waals surface area (Å²) in [4.78, 5) is 11.8. The first-order valence-electron chi connectivity index (χ1n) is 3.82. The van der Waals surface area contributed by atoms with Crippen LogP contribution in [0.3, 0.4) is 0 Å². The lowest BCUT2D eigenvalue weighted by Crippen LogP contribution is -2.44. The Morgan fingerprint density at radius 2 is 1.83 bits per heavy atom. The summed E-state index contributed by atoms with van der Waals surface area (Å²) in [5.41, 5.74) is 0. The average molecular weight is 177 g/mol. The third-order valence-electron chi connectivity index (χ3n) is 1.28. The molecule has 0 saturated heterocycles. The van der Waals surface area contributed by atoms with Crippen molar-refractivity contribution < 1.29 is 19.7 Å². The van der Waals surface area contributed by atoms with Crippen molar-refractivity contribution in [2.24, 2.45) is 0 Å². The number of hydrogen-bond donors (Lipinski definition) is 2. The van der Waals surface area contributed by atoms with E-state index in [1.54, 1.807) is 6.92 Å². The minimum atomic E-state index is -1.05. The highest BCUT2D eigenvalue weighted by molar-refractivity contribution is 5.67. The van der Waals surface area contributed by atoms with E-state index in [4.69, 9.17) is 10.2 Å². The number of aliphatic hydroxyl groups is 2. The highest BCUT2D eigenvalue weighted by atomic mass is 16.6. The summed E-state index contributed by atoms with van der Waals surface area (Å²) in [6.45, 7) is 4.63. The fourth-order valence-electron chi connectivity index (χ4n) is 0.815. The molecule has 0 aromatic heterocycles. The largest absolute Gasteiger partial charge is 0.450 e. The number of nitrogens with zero attached hydrogens (tertiary/aromatic N) is 1. The molecule has 2 N–H and O–H groups in total. The monoisotopic (exact) mass is 177 g/mol. The zero-order valence-corrected chi connectivity index (χ0v) is 7.52. The Kier molecular flexibility index (Phi) is 4.61. The maximum atomic E-state index is 11.0. The zero-order chi connectivity index (χ0) is 9.72. The number of hydrogen-bond acceptors (Lipinski definition) is 4. The molecule has 0 aliphatic rings. The second-order valence-corrected chi connectivity index (χ2v) is 2.37. The molecule has 5 nitrogen and oxygen atoms in total. The molecule has 72 valence electrons. The van der Waals surface area contributed by atoms with Crippen LogP contribution in [0, 0.1) is 0 Å². The average Bonchev–Trinajstić information content (AvgIpc) is 1.85. The van der Waals surface area contributed by atoms with E-state index in [1.165, 1.54) is 13.8 Å². The lowest BCUT2D eigenvalue weighted by Gasteiger charge is -2.26. The molecule has 0 saturated carbocycles. The maximum Gasteiger partial charge on any atom is 0.413 e. The van der Waals surface area contributed by atoms with Crippen LogP contribution in [0.4, 0.5) is 4.79 Å². The van der Waals surface area contributed by atoms with Gasteiger partial charge in [-0.25, -0.2) is 4.79 Å². The predicted octanol–water partition coefficient (Wildman–Crippen LogP) is 0.122. The number of aliphatic hydroxyl groups excluding tert-OH is 2. The molecule has 0 aromatic carbocycles. The first-order chi connectivity index (χ1) is 5.50. The van der Waals surface area contributed by atoms with E-state index in [0.29, 0.717) is 0 Å². The highest BCUT2D eigenvalue weighted by Gasteiger charge is 2.23. The smallest absolute Gasteiger partial charge is 0.413 e. The molecule has 0 rings (SSSR count). The van der Waals surface area contributed by atoms with Crippen LogP contribution in [0.5, 0.6) is 0 Å². The number of ether oxygens (including phenoxy) is 1. The molecule has 1 amide bonds. The molecule has 2 unspecified atom stereocenters. The first-order valence-corrected chi connectivity index (χ1v) is 3.82. The van der Waals surface area contributed by atoms with E-state index in [2.05, 4.69) is 4.74 Å². The molecule has 0 aliphatic carbocycles. The van der Waals surface area contributed by atoms with Crippen LogP contribution in [0.2, 0.25) is 0 Å². The summed E-state index contributed by atoms with van der Waals surface area (Å²) in [5.74, 6) is 0. The van der Waals surface area contributed by atoms with Gasteiger partial charge in [-0.2, -0.15) is 0 Å². The summed E-state index contributed by atoms with van der Waals surface area (Å²) in [5, 5.41) is 18.1. The van der Waals surface area contributed by atoms with Gasteiger partial charge in [0.15, 0.2) is 0 Å². The van der Waals surface area contributed by atoms with Crippen LogP contribution in [0.1, 0.15) is 20.8 Å². The van der Waals surface area contributed by atoms with E-state index in [0.717, 1.165) is 4.90 Å². The van der Waals surface area contributed by atoms with Crippen molar-refractivity contribution in [1.29, 1.82) is 0 Å². The second-order valence-electron chi connectivity index (χ2n) is 2.37. The van der Waals surface area contributed by atoms with E-state index >= 15 is 0 Å². The van der Waals surface area contributed by atoms with Gasteiger partial charge < -0.3 is 14.9 Å². The Bertz CT molecular complexity index is 138. The Morgan fingerprint density at radius 1 is 1.42 bits per heavy atom. The predicted molar refractivity (Wildman–Crippen MR) is 42.2 cm³/mol. The van der Waals surface area contributed by atoms with Crippen molar-refractivity contribution in [2.45, 2.75) is 33.2 Å². The van der Waals surface area contributed by atoms with Gasteiger partial charge in [-0.15, -0.1) is 0 Å². The lowest BCUT2D eigenvalue weighted by atomic mass is 10.5. The summed E-state index contributed by atoms with van der Waals surface area (Å²) < 4.78 is 4.59. The molecule has 0 bridgehead atoms. The van der Waals surface area contributed by atoms with Crippen molar-refractivity contribution in [2.75, 3.05) is 6.61 Å². The minimum Gasteiger partial charge on any atom is -0.450 e. The molecule has 0 spiro atoms. The second kappa shape index (κ2) is 4.95. The lowest BCUT2D eigenvalue weighted by molar-refractivity contribution is -0.0713. The molecule has 12 heavy (non-hydrogen) atoms. The van der Waals surface area contributed by atoms with Crippen molar-refractivity contribution in [1.82, 2.24) is 4.90 Å². The Labute approximate surface area is 71.6 Å². The number of carbonyl (C=O) groups excluding carboxylic acids is 1. The quantitative estimate of drug-likeness (QED) is 0.601. The SMILES string of the molecule is CCOC(=O)N(C(C)O)C(C)O. The molecule has 2 atom stereocenters. The Balaban J connectivity index is 4.20. The number of rotatable bonds is 3. The van der Waals surface area contributed by atoms with Crippen LogP contribution in [-0.2, 0) is 4.74 Å². The molecular formula is C7H15NO4. The van der Waals surface area contributed by atoms with Crippen LogP contribution in [-0.4, -0.2) is 40.3 Å².